The highest BCUT2D eigenvalue weighted by molar-refractivity contribution is 9.09. The minimum absolute atomic E-state index is 0.0363. The number of amides is 1. The number of hydrogen-bond acceptors (Lipinski definition) is 2. The Kier molecular flexibility index (Phi) is 7.67. The lowest BCUT2D eigenvalue weighted by molar-refractivity contribution is 0.0938. The summed E-state index contributed by atoms with van der Waals surface area (Å²) in [7, 11) is 0. The van der Waals surface area contributed by atoms with Crippen LogP contribution in [0.5, 0.6) is 5.75 Å². The summed E-state index contributed by atoms with van der Waals surface area (Å²) in [5.41, 5.74) is 0.668. The van der Waals surface area contributed by atoms with Crippen LogP contribution in [-0.2, 0) is 0 Å². The van der Waals surface area contributed by atoms with E-state index in [0.717, 1.165) is 31.6 Å². The van der Waals surface area contributed by atoms with Crippen molar-refractivity contribution in [2.45, 2.75) is 50.9 Å². The average molecular weight is 342 g/mol. The Morgan fingerprint density at radius 1 is 1.30 bits per heavy atom. The number of rotatable bonds is 8. The summed E-state index contributed by atoms with van der Waals surface area (Å²) in [6, 6.07) is 7.46. The van der Waals surface area contributed by atoms with Crippen LogP contribution in [0.25, 0.3) is 0 Å². The number of nitrogens with one attached hydrogen (secondary N) is 1. The van der Waals surface area contributed by atoms with Gasteiger partial charge in [-0.1, -0.05) is 36.2 Å². The molecule has 0 bridgehead atoms. The van der Waals surface area contributed by atoms with Gasteiger partial charge < -0.3 is 10.1 Å². The number of alkyl halides is 1. The first-order valence-corrected chi connectivity index (χ1v) is 8.12. The Bertz CT molecular complexity index is 403. The number of carbonyl (C=O) groups excluding carboxylic acids is 1. The first-order chi connectivity index (χ1) is 9.52. The van der Waals surface area contributed by atoms with Crippen LogP contribution in [0.3, 0.4) is 0 Å². The quantitative estimate of drug-likeness (QED) is 0.569. The summed E-state index contributed by atoms with van der Waals surface area (Å²) < 4.78 is 5.58. The summed E-state index contributed by atoms with van der Waals surface area (Å²) in [6.45, 7) is 6.94. The molecule has 0 saturated carbocycles. The van der Waals surface area contributed by atoms with Crippen molar-refractivity contribution < 1.29 is 9.53 Å². The van der Waals surface area contributed by atoms with Crippen molar-refractivity contribution in [2.75, 3.05) is 6.61 Å². The molecule has 1 aromatic rings. The second-order valence-corrected chi connectivity index (χ2v) is 6.68. The molecule has 2 unspecified atom stereocenters. The lowest BCUT2D eigenvalue weighted by atomic mass is 10.1. The summed E-state index contributed by atoms with van der Waals surface area (Å²) >= 11 is 3.49. The zero-order chi connectivity index (χ0) is 15.0. The molecule has 0 aromatic heterocycles. The number of ether oxygens (including phenoxy) is 1. The van der Waals surface area contributed by atoms with Crippen molar-refractivity contribution in [1.29, 1.82) is 0 Å². The maximum absolute atomic E-state index is 12.0. The third-order valence-electron chi connectivity index (χ3n) is 2.94. The number of benzene rings is 1. The molecular weight excluding hydrogens is 318 g/mol. The van der Waals surface area contributed by atoms with Gasteiger partial charge in [-0.2, -0.15) is 0 Å². The fraction of sp³-hybridized carbons (Fsp3) is 0.562. The molecule has 0 spiro atoms. The first kappa shape index (κ1) is 17.0. The molecule has 1 rings (SSSR count). The summed E-state index contributed by atoms with van der Waals surface area (Å²) in [5.74, 6) is 0.780. The van der Waals surface area contributed by atoms with Crippen molar-refractivity contribution >= 4 is 21.8 Å². The van der Waals surface area contributed by atoms with Crippen LogP contribution < -0.4 is 10.1 Å². The average Bonchev–Trinajstić information content (AvgIpc) is 2.38. The second-order valence-electron chi connectivity index (χ2n) is 5.12. The molecule has 4 heteroatoms. The lowest BCUT2D eigenvalue weighted by Gasteiger charge is -2.15. The number of carbonyl (C=O) groups is 1. The van der Waals surface area contributed by atoms with Gasteiger partial charge in [-0.05, 0) is 44.0 Å². The maximum atomic E-state index is 12.0. The fourth-order valence-corrected chi connectivity index (χ4v) is 2.45. The lowest BCUT2D eigenvalue weighted by Crippen LogP contribution is -2.33. The predicted molar refractivity (Wildman–Crippen MR) is 86.8 cm³/mol. The molecule has 1 N–H and O–H groups in total. The maximum Gasteiger partial charge on any atom is 0.251 e. The van der Waals surface area contributed by atoms with E-state index in [4.69, 9.17) is 4.74 Å². The molecule has 0 aliphatic carbocycles. The van der Waals surface area contributed by atoms with Gasteiger partial charge in [0.05, 0.1) is 6.61 Å². The van der Waals surface area contributed by atoms with Gasteiger partial charge in [-0.15, -0.1) is 0 Å². The smallest absolute Gasteiger partial charge is 0.251 e. The Hall–Kier alpha value is -1.03. The molecule has 1 aromatic carbocycles. The molecule has 1 amide bonds. The van der Waals surface area contributed by atoms with Gasteiger partial charge in [0.2, 0.25) is 0 Å². The van der Waals surface area contributed by atoms with Crippen molar-refractivity contribution in [3.63, 3.8) is 0 Å². The Morgan fingerprint density at radius 2 is 1.95 bits per heavy atom. The standard InChI is InChI=1S/C16H24BrNO2/c1-4-5-10-20-15-8-6-14(7-9-15)16(19)18-13(3)11-12(2)17/h6-9,12-13H,4-5,10-11H2,1-3H3,(H,18,19). The van der Waals surface area contributed by atoms with E-state index < -0.39 is 0 Å². The van der Waals surface area contributed by atoms with Crippen molar-refractivity contribution in [3.8, 4) is 5.75 Å². The van der Waals surface area contributed by atoms with Gasteiger partial charge in [-0.3, -0.25) is 4.79 Å². The number of unbranched alkanes of at least 4 members (excludes halogenated alkanes) is 1. The van der Waals surface area contributed by atoms with Gasteiger partial charge in [0.15, 0.2) is 0 Å². The molecule has 2 atom stereocenters. The van der Waals surface area contributed by atoms with Gasteiger partial charge in [0, 0.05) is 16.4 Å². The van der Waals surface area contributed by atoms with Crippen LogP contribution in [0, 0.1) is 0 Å². The third kappa shape index (κ3) is 6.42. The number of hydrogen-bond donors (Lipinski definition) is 1. The van der Waals surface area contributed by atoms with Crippen molar-refractivity contribution in [2.24, 2.45) is 0 Å². The summed E-state index contributed by atoms with van der Waals surface area (Å²) in [6.07, 6.45) is 3.07. The highest BCUT2D eigenvalue weighted by Crippen LogP contribution is 2.13. The van der Waals surface area contributed by atoms with E-state index in [0.29, 0.717) is 10.4 Å². The minimum Gasteiger partial charge on any atom is -0.494 e. The van der Waals surface area contributed by atoms with Crippen LogP contribution in [0.1, 0.15) is 50.4 Å². The van der Waals surface area contributed by atoms with Gasteiger partial charge in [0.1, 0.15) is 5.75 Å². The largest absolute Gasteiger partial charge is 0.494 e. The van der Waals surface area contributed by atoms with E-state index in [9.17, 15) is 4.79 Å². The molecule has 112 valence electrons. The molecule has 0 aliphatic rings. The Morgan fingerprint density at radius 3 is 2.50 bits per heavy atom. The highest BCUT2D eigenvalue weighted by atomic mass is 79.9. The van der Waals surface area contributed by atoms with Crippen LogP contribution in [0.15, 0.2) is 24.3 Å². The van der Waals surface area contributed by atoms with Crippen LogP contribution >= 0.6 is 15.9 Å². The van der Waals surface area contributed by atoms with E-state index >= 15 is 0 Å². The molecule has 0 fully saturated rings. The third-order valence-corrected chi connectivity index (χ3v) is 3.31. The zero-order valence-corrected chi connectivity index (χ0v) is 14.1. The van der Waals surface area contributed by atoms with Gasteiger partial charge >= 0.3 is 0 Å². The second kappa shape index (κ2) is 9.01. The highest BCUT2D eigenvalue weighted by Gasteiger charge is 2.11. The Labute approximate surface area is 130 Å². The SMILES string of the molecule is CCCCOc1ccc(C(=O)NC(C)CC(C)Br)cc1. The Balaban J connectivity index is 2.48. The molecule has 0 radical (unpaired) electrons. The molecule has 3 nitrogen and oxygen atoms in total. The molecular formula is C16H24BrNO2. The first-order valence-electron chi connectivity index (χ1n) is 7.20. The zero-order valence-electron chi connectivity index (χ0n) is 12.5. The van der Waals surface area contributed by atoms with Crippen LogP contribution in [0.2, 0.25) is 0 Å². The number of halogens is 1. The molecule has 0 heterocycles. The molecule has 0 saturated heterocycles. The van der Waals surface area contributed by atoms with Crippen molar-refractivity contribution in [3.05, 3.63) is 29.8 Å². The van der Waals surface area contributed by atoms with E-state index in [-0.39, 0.29) is 11.9 Å². The fourth-order valence-electron chi connectivity index (χ4n) is 1.89. The van der Waals surface area contributed by atoms with Crippen molar-refractivity contribution in [1.82, 2.24) is 5.32 Å². The minimum atomic E-state index is -0.0363. The monoisotopic (exact) mass is 341 g/mol. The van der Waals surface area contributed by atoms with Crippen LogP contribution in [-0.4, -0.2) is 23.4 Å². The van der Waals surface area contributed by atoms with E-state index in [2.05, 4.69) is 35.1 Å². The molecule has 0 aliphatic heterocycles. The summed E-state index contributed by atoms with van der Waals surface area (Å²) in [4.78, 5) is 12.4. The predicted octanol–water partition coefficient (Wildman–Crippen LogP) is 4.16. The van der Waals surface area contributed by atoms with E-state index in [1.807, 2.05) is 19.1 Å². The summed E-state index contributed by atoms with van der Waals surface area (Å²) in [5, 5.41) is 2.99. The molecule has 20 heavy (non-hydrogen) atoms. The van der Waals surface area contributed by atoms with Gasteiger partial charge in [-0.25, -0.2) is 0 Å². The van der Waals surface area contributed by atoms with Gasteiger partial charge in [0.25, 0.3) is 5.91 Å². The van der Waals surface area contributed by atoms with E-state index in [1.165, 1.54) is 0 Å². The van der Waals surface area contributed by atoms with Crippen LogP contribution in [0.4, 0.5) is 0 Å². The topological polar surface area (TPSA) is 38.3 Å². The normalized spacial score (nSPS) is 13.6. The van der Waals surface area contributed by atoms with E-state index in [1.54, 1.807) is 12.1 Å².